The van der Waals surface area contributed by atoms with Crippen LogP contribution < -0.4 is 5.32 Å². The van der Waals surface area contributed by atoms with Crippen molar-refractivity contribution >= 4 is 17.6 Å². The first kappa shape index (κ1) is 16.6. The van der Waals surface area contributed by atoms with E-state index in [1.807, 2.05) is 6.92 Å². The Hall–Kier alpha value is -2.44. The summed E-state index contributed by atoms with van der Waals surface area (Å²) in [6, 6.07) is 2.94. The minimum Gasteiger partial charge on any atom is -0.480 e. The molecule has 1 rings (SSSR count). The number of nitrogens with zero attached hydrogens (tertiary/aromatic N) is 1. The molecule has 114 valence electrons. The number of carboxylic acids is 1. The number of hydrogen-bond acceptors (Lipinski definition) is 4. The number of nitro groups is 1. The largest absolute Gasteiger partial charge is 0.480 e. The number of carbonyl (C=O) groups is 2. The van der Waals surface area contributed by atoms with E-state index in [9.17, 15) is 19.7 Å². The van der Waals surface area contributed by atoms with Gasteiger partial charge in [-0.25, -0.2) is 4.79 Å². The van der Waals surface area contributed by atoms with Gasteiger partial charge in [-0.3, -0.25) is 14.9 Å². The van der Waals surface area contributed by atoms with Crippen LogP contribution in [0.5, 0.6) is 0 Å². The molecule has 0 saturated heterocycles. The molecule has 7 nitrogen and oxygen atoms in total. The van der Waals surface area contributed by atoms with E-state index in [2.05, 4.69) is 5.32 Å². The summed E-state index contributed by atoms with van der Waals surface area (Å²) in [7, 11) is 0. The van der Waals surface area contributed by atoms with Crippen LogP contribution in [0.25, 0.3) is 0 Å². The highest BCUT2D eigenvalue weighted by atomic mass is 16.6. The van der Waals surface area contributed by atoms with E-state index in [4.69, 9.17) is 5.11 Å². The smallest absolute Gasteiger partial charge is 0.326 e. The van der Waals surface area contributed by atoms with Crippen LogP contribution in [0.3, 0.4) is 0 Å². The Labute approximate surface area is 122 Å². The van der Waals surface area contributed by atoms with Gasteiger partial charge in [-0.05, 0) is 18.9 Å². The van der Waals surface area contributed by atoms with Gasteiger partial charge in [0.25, 0.3) is 11.6 Å². The average Bonchev–Trinajstić information content (AvgIpc) is 2.42. The molecule has 0 bridgehead atoms. The minimum atomic E-state index is -1.11. The third-order valence-electron chi connectivity index (χ3n) is 3.13. The summed E-state index contributed by atoms with van der Waals surface area (Å²) in [4.78, 5) is 33.4. The molecule has 1 aromatic carbocycles. The summed E-state index contributed by atoms with van der Waals surface area (Å²) < 4.78 is 0. The highest BCUT2D eigenvalue weighted by molar-refractivity contribution is 5.98. The lowest BCUT2D eigenvalue weighted by atomic mass is 10.1. The zero-order chi connectivity index (χ0) is 16.0. The van der Waals surface area contributed by atoms with E-state index in [1.165, 1.54) is 12.1 Å². The number of unbranched alkanes of at least 4 members (excludes halogenated alkanes) is 1. The molecule has 0 aromatic heterocycles. The monoisotopic (exact) mass is 294 g/mol. The van der Waals surface area contributed by atoms with Crippen molar-refractivity contribution in [3.63, 3.8) is 0 Å². The lowest BCUT2D eigenvalue weighted by Gasteiger charge is -2.15. The summed E-state index contributed by atoms with van der Waals surface area (Å²) in [5, 5.41) is 22.2. The minimum absolute atomic E-state index is 0.118. The second-order valence-electron chi connectivity index (χ2n) is 4.76. The zero-order valence-electron chi connectivity index (χ0n) is 12.0. The summed E-state index contributed by atoms with van der Waals surface area (Å²) in [6.07, 6.45) is 1.81. The van der Waals surface area contributed by atoms with Crippen LogP contribution in [0.1, 0.15) is 42.1 Å². The molecule has 1 amide bonds. The first-order chi connectivity index (χ1) is 9.86. The maximum atomic E-state index is 12.1. The number of aryl methyl sites for hydroxylation is 1. The van der Waals surface area contributed by atoms with Crippen molar-refractivity contribution < 1.29 is 19.6 Å². The summed E-state index contributed by atoms with van der Waals surface area (Å²) in [5.74, 6) is -1.72. The molecule has 0 spiro atoms. The number of nitro benzene ring substituents is 1. The fourth-order valence-corrected chi connectivity index (χ4v) is 1.87. The molecule has 0 aliphatic carbocycles. The average molecular weight is 294 g/mol. The third kappa shape index (κ3) is 4.55. The zero-order valence-corrected chi connectivity index (χ0v) is 12.0. The molecular weight excluding hydrogens is 276 g/mol. The van der Waals surface area contributed by atoms with Crippen LogP contribution in [0.2, 0.25) is 0 Å². The van der Waals surface area contributed by atoms with E-state index in [1.54, 1.807) is 6.92 Å². The normalized spacial score (nSPS) is 11.7. The number of carboxylic acid groups (broad SMARTS) is 1. The van der Waals surface area contributed by atoms with Crippen molar-refractivity contribution in [1.82, 2.24) is 5.32 Å². The quantitative estimate of drug-likeness (QED) is 0.592. The molecular formula is C14H18N2O5. The number of hydrogen-bond donors (Lipinski definition) is 2. The first-order valence-corrected chi connectivity index (χ1v) is 6.65. The van der Waals surface area contributed by atoms with Gasteiger partial charge in [-0.15, -0.1) is 0 Å². The number of non-ortho nitro benzene ring substituents is 1. The van der Waals surface area contributed by atoms with Crippen molar-refractivity contribution in [3.8, 4) is 0 Å². The number of nitrogens with one attached hydrogen (secondary N) is 1. The first-order valence-electron chi connectivity index (χ1n) is 6.65. The van der Waals surface area contributed by atoms with Gasteiger partial charge in [0, 0.05) is 17.7 Å². The Balaban J connectivity index is 2.94. The molecule has 21 heavy (non-hydrogen) atoms. The molecule has 1 atom stereocenters. The van der Waals surface area contributed by atoms with Crippen molar-refractivity contribution in [1.29, 1.82) is 0 Å². The van der Waals surface area contributed by atoms with E-state index in [-0.39, 0.29) is 11.3 Å². The summed E-state index contributed by atoms with van der Waals surface area (Å²) in [6.45, 7) is 3.56. The van der Waals surface area contributed by atoms with Crippen molar-refractivity contribution in [2.75, 3.05) is 0 Å². The Morgan fingerprint density at radius 2 is 2.10 bits per heavy atom. The maximum absolute atomic E-state index is 12.1. The second-order valence-corrected chi connectivity index (χ2v) is 4.76. The predicted molar refractivity (Wildman–Crippen MR) is 76.2 cm³/mol. The maximum Gasteiger partial charge on any atom is 0.326 e. The molecule has 0 aliphatic heterocycles. The van der Waals surface area contributed by atoms with Crippen LogP contribution in [-0.4, -0.2) is 27.9 Å². The van der Waals surface area contributed by atoms with Crippen molar-refractivity contribution in [2.45, 2.75) is 39.2 Å². The summed E-state index contributed by atoms with van der Waals surface area (Å²) in [5.41, 5.74) is 0.468. The molecule has 0 saturated carbocycles. The summed E-state index contributed by atoms with van der Waals surface area (Å²) >= 11 is 0. The van der Waals surface area contributed by atoms with E-state index in [0.717, 1.165) is 12.5 Å². The standard InChI is InChI=1S/C14H18N2O5/c1-3-4-5-12(14(18)19)15-13(17)11-8-10(16(20)21)7-6-9(11)2/h6-8,12H,3-5H2,1-2H3,(H,15,17)(H,18,19). The molecule has 0 heterocycles. The lowest BCUT2D eigenvalue weighted by Crippen LogP contribution is -2.41. The van der Waals surface area contributed by atoms with Crippen LogP contribution in [0.4, 0.5) is 5.69 Å². The molecule has 2 N–H and O–H groups in total. The third-order valence-corrected chi connectivity index (χ3v) is 3.13. The SMILES string of the molecule is CCCCC(NC(=O)c1cc([N+](=O)[O-])ccc1C)C(=O)O. The van der Waals surface area contributed by atoms with Crippen molar-refractivity contribution in [3.05, 3.63) is 39.4 Å². The molecule has 0 radical (unpaired) electrons. The second kappa shape index (κ2) is 7.37. The highest BCUT2D eigenvalue weighted by Gasteiger charge is 2.22. The number of aliphatic carboxylic acids is 1. The van der Waals surface area contributed by atoms with Gasteiger partial charge < -0.3 is 10.4 Å². The fraction of sp³-hybridized carbons (Fsp3) is 0.429. The lowest BCUT2D eigenvalue weighted by molar-refractivity contribution is -0.384. The van der Waals surface area contributed by atoms with E-state index >= 15 is 0 Å². The topological polar surface area (TPSA) is 110 Å². The number of amides is 1. The number of benzene rings is 1. The van der Waals surface area contributed by atoms with Gasteiger partial charge >= 0.3 is 5.97 Å². The Morgan fingerprint density at radius 3 is 2.62 bits per heavy atom. The van der Waals surface area contributed by atoms with Gasteiger partial charge in [0.15, 0.2) is 0 Å². The Morgan fingerprint density at radius 1 is 1.43 bits per heavy atom. The Bertz CT molecular complexity index is 556. The van der Waals surface area contributed by atoms with Gasteiger partial charge in [0.05, 0.1) is 4.92 Å². The predicted octanol–water partition coefficient (Wildman–Crippen LogP) is 2.28. The number of carbonyl (C=O) groups excluding carboxylic acids is 1. The number of rotatable bonds is 7. The van der Waals surface area contributed by atoms with Crippen LogP contribution in [0.15, 0.2) is 18.2 Å². The molecule has 1 aromatic rings. The van der Waals surface area contributed by atoms with Crippen LogP contribution >= 0.6 is 0 Å². The fourth-order valence-electron chi connectivity index (χ4n) is 1.87. The highest BCUT2D eigenvalue weighted by Crippen LogP contribution is 2.17. The van der Waals surface area contributed by atoms with Gasteiger partial charge in [-0.2, -0.15) is 0 Å². The van der Waals surface area contributed by atoms with E-state index < -0.39 is 22.8 Å². The molecule has 1 unspecified atom stereocenters. The Kier molecular flexibility index (Phi) is 5.83. The van der Waals surface area contributed by atoms with Gasteiger partial charge in [0.1, 0.15) is 6.04 Å². The molecule has 7 heteroatoms. The van der Waals surface area contributed by atoms with Crippen LogP contribution in [0, 0.1) is 17.0 Å². The van der Waals surface area contributed by atoms with Crippen LogP contribution in [-0.2, 0) is 4.79 Å². The molecule has 0 fully saturated rings. The van der Waals surface area contributed by atoms with Gasteiger partial charge in [0.2, 0.25) is 0 Å². The van der Waals surface area contributed by atoms with Gasteiger partial charge in [-0.1, -0.05) is 25.8 Å². The van der Waals surface area contributed by atoms with E-state index in [0.29, 0.717) is 18.4 Å². The van der Waals surface area contributed by atoms with Crippen molar-refractivity contribution in [2.24, 2.45) is 0 Å². The molecule has 0 aliphatic rings.